The van der Waals surface area contributed by atoms with E-state index in [1.165, 1.54) is 42.5 Å². The summed E-state index contributed by atoms with van der Waals surface area (Å²) in [6.07, 6.45) is 0. The Morgan fingerprint density at radius 2 is 1.34 bits per heavy atom. The van der Waals surface area contributed by atoms with E-state index in [0.29, 0.717) is 0 Å². The molecule has 0 saturated carbocycles. The van der Waals surface area contributed by atoms with Gasteiger partial charge in [-0.2, -0.15) is 8.42 Å². The standard InChI is InChI=1S/C19H12Cl4O5S/c20-10-8-13(18(23)16(25)9-10)19(29(26,27)28,11-4-1-2-7-15(11)24)12-5-3-6-14(21)17(12)22/h1-9,24-25H,(H,26,27,28). The highest BCUT2D eigenvalue weighted by atomic mass is 35.5. The highest BCUT2D eigenvalue weighted by molar-refractivity contribution is 7.87. The smallest absolute Gasteiger partial charge is 0.283 e. The summed E-state index contributed by atoms with van der Waals surface area (Å²) in [5, 5.41) is 20.0. The number of benzene rings is 3. The molecule has 29 heavy (non-hydrogen) atoms. The van der Waals surface area contributed by atoms with Gasteiger partial charge in [0.2, 0.25) is 0 Å². The highest BCUT2D eigenvalue weighted by Crippen LogP contribution is 2.53. The second-order valence-corrected chi connectivity index (χ2v) is 9.22. The SMILES string of the molecule is O=S(=O)(O)C(c1ccccc1O)(c1cc(Cl)cc(O)c1Cl)c1cccc(Cl)c1Cl. The van der Waals surface area contributed by atoms with Crippen LogP contribution in [0.5, 0.6) is 11.5 Å². The van der Waals surface area contributed by atoms with Crippen molar-refractivity contribution in [2.75, 3.05) is 0 Å². The first-order valence-electron chi connectivity index (χ1n) is 7.90. The zero-order valence-corrected chi connectivity index (χ0v) is 18.1. The summed E-state index contributed by atoms with van der Waals surface area (Å²) in [6.45, 7) is 0. The predicted octanol–water partition coefficient (Wildman–Crippen LogP) is 5.89. The van der Waals surface area contributed by atoms with E-state index in [0.717, 1.165) is 12.1 Å². The van der Waals surface area contributed by atoms with Crippen LogP contribution in [-0.4, -0.2) is 23.2 Å². The van der Waals surface area contributed by atoms with Crippen molar-refractivity contribution >= 4 is 56.5 Å². The van der Waals surface area contributed by atoms with Crippen molar-refractivity contribution in [3.05, 3.63) is 91.4 Å². The Morgan fingerprint density at radius 3 is 1.97 bits per heavy atom. The van der Waals surface area contributed by atoms with Gasteiger partial charge in [-0.1, -0.05) is 76.7 Å². The van der Waals surface area contributed by atoms with Gasteiger partial charge in [-0.05, 0) is 18.2 Å². The lowest BCUT2D eigenvalue weighted by Crippen LogP contribution is -2.39. The van der Waals surface area contributed by atoms with Gasteiger partial charge in [0.1, 0.15) is 11.5 Å². The molecule has 5 nitrogen and oxygen atoms in total. The molecular weight excluding hydrogens is 482 g/mol. The van der Waals surface area contributed by atoms with Crippen LogP contribution >= 0.6 is 46.4 Å². The van der Waals surface area contributed by atoms with Crippen molar-refractivity contribution in [3.8, 4) is 11.5 Å². The maximum atomic E-state index is 13.0. The number of hydrogen-bond acceptors (Lipinski definition) is 4. The fourth-order valence-electron chi connectivity index (χ4n) is 3.23. The van der Waals surface area contributed by atoms with Gasteiger partial charge < -0.3 is 10.2 Å². The van der Waals surface area contributed by atoms with Crippen molar-refractivity contribution < 1.29 is 23.2 Å². The van der Waals surface area contributed by atoms with Crippen LogP contribution in [0.1, 0.15) is 16.7 Å². The summed E-state index contributed by atoms with van der Waals surface area (Å²) in [5.41, 5.74) is -0.785. The van der Waals surface area contributed by atoms with Crippen LogP contribution in [0.3, 0.4) is 0 Å². The van der Waals surface area contributed by atoms with Crippen molar-refractivity contribution in [1.29, 1.82) is 0 Å². The third-order valence-corrected chi connectivity index (χ3v) is 7.27. The molecule has 0 aliphatic carbocycles. The van der Waals surface area contributed by atoms with Gasteiger partial charge in [-0.15, -0.1) is 0 Å². The number of hydrogen-bond donors (Lipinski definition) is 3. The summed E-state index contributed by atoms with van der Waals surface area (Å²) < 4.78 is 34.0. The number of phenols is 2. The largest absolute Gasteiger partial charge is 0.508 e. The van der Waals surface area contributed by atoms with E-state index in [1.54, 1.807) is 0 Å². The Kier molecular flexibility index (Phi) is 5.98. The summed E-state index contributed by atoms with van der Waals surface area (Å²) in [7, 11) is -5.16. The molecule has 0 aliphatic heterocycles. The van der Waals surface area contributed by atoms with Crippen molar-refractivity contribution in [1.82, 2.24) is 0 Å². The maximum Gasteiger partial charge on any atom is 0.283 e. The molecule has 0 fully saturated rings. The molecule has 0 bridgehead atoms. The first-order chi connectivity index (χ1) is 13.5. The first-order valence-corrected chi connectivity index (χ1v) is 10.9. The molecule has 3 aromatic carbocycles. The predicted molar refractivity (Wildman–Crippen MR) is 114 cm³/mol. The lowest BCUT2D eigenvalue weighted by atomic mass is 9.83. The van der Waals surface area contributed by atoms with Crippen molar-refractivity contribution in [3.63, 3.8) is 0 Å². The average molecular weight is 494 g/mol. The van der Waals surface area contributed by atoms with E-state index < -0.39 is 31.4 Å². The van der Waals surface area contributed by atoms with Crippen molar-refractivity contribution in [2.45, 2.75) is 4.75 Å². The van der Waals surface area contributed by atoms with E-state index in [2.05, 4.69) is 0 Å². The van der Waals surface area contributed by atoms with E-state index in [-0.39, 0.29) is 31.8 Å². The summed E-state index contributed by atoms with van der Waals surface area (Å²) in [5.74, 6) is -1.01. The van der Waals surface area contributed by atoms with Gasteiger partial charge in [0, 0.05) is 27.8 Å². The van der Waals surface area contributed by atoms with Crippen LogP contribution in [0, 0.1) is 0 Å². The summed E-state index contributed by atoms with van der Waals surface area (Å²) in [4.78, 5) is 0. The molecule has 3 N–H and O–H groups in total. The molecular formula is C19H12Cl4O5S. The van der Waals surface area contributed by atoms with Gasteiger partial charge in [-0.3, -0.25) is 4.55 Å². The number of aromatic hydroxyl groups is 2. The van der Waals surface area contributed by atoms with Crippen LogP contribution in [0.4, 0.5) is 0 Å². The quantitative estimate of drug-likeness (QED) is 0.311. The minimum atomic E-state index is -5.16. The Balaban J connectivity index is 2.68. The molecule has 0 amide bonds. The second-order valence-electron chi connectivity index (χ2n) is 6.06. The number of para-hydroxylation sites is 1. The highest BCUT2D eigenvalue weighted by Gasteiger charge is 2.53. The van der Waals surface area contributed by atoms with Gasteiger partial charge in [0.15, 0.2) is 4.75 Å². The zero-order chi connectivity index (χ0) is 21.6. The van der Waals surface area contributed by atoms with Gasteiger partial charge >= 0.3 is 0 Å². The lowest BCUT2D eigenvalue weighted by molar-refractivity contribution is 0.439. The van der Waals surface area contributed by atoms with Crippen molar-refractivity contribution in [2.24, 2.45) is 0 Å². The van der Waals surface area contributed by atoms with Crippen LogP contribution in [0.25, 0.3) is 0 Å². The summed E-state index contributed by atoms with van der Waals surface area (Å²) >= 11 is 24.8. The Labute approximate surface area is 186 Å². The number of halogens is 4. The molecule has 152 valence electrons. The Morgan fingerprint density at radius 1 is 0.724 bits per heavy atom. The van der Waals surface area contributed by atoms with Crippen LogP contribution < -0.4 is 0 Å². The summed E-state index contributed by atoms with van der Waals surface area (Å²) in [6, 6.07) is 11.8. The Bertz CT molecular complexity index is 1210. The van der Waals surface area contributed by atoms with Gasteiger partial charge in [-0.25, -0.2) is 0 Å². The molecule has 10 heteroatoms. The minimum absolute atomic E-state index is 0.00464. The monoisotopic (exact) mass is 492 g/mol. The Hall–Kier alpha value is -1.67. The van der Waals surface area contributed by atoms with Crippen LogP contribution in [0.2, 0.25) is 20.1 Å². The minimum Gasteiger partial charge on any atom is -0.508 e. The molecule has 1 unspecified atom stereocenters. The molecule has 0 aromatic heterocycles. The molecule has 0 heterocycles. The lowest BCUT2D eigenvalue weighted by Gasteiger charge is -2.34. The number of rotatable bonds is 4. The zero-order valence-electron chi connectivity index (χ0n) is 14.3. The van der Waals surface area contributed by atoms with E-state index in [9.17, 15) is 23.2 Å². The molecule has 0 spiro atoms. The average Bonchev–Trinajstić information content (AvgIpc) is 2.63. The van der Waals surface area contributed by atoms with E-state index in [1.807, 2.05) is 0 Å². The third-order valence-electron chi connectivity index (χ3n) is 4.40. The molecule has 3 rings (SSSR count). The fraction of sp³-hybridized carbons (Fsp3) is 0.0526. The van der Waals surface area contributed by atoms with E-state index in [4.69, 9.17) is 46.4 Å². The van der Waals surface area contributed by atoms with Crippen LogP contribution in [0.15, 0.2) is 54.6 Å². The fourth-order valence-corrected chi connectivity index (χ4v) is 5.59. The molecule has 0 radical (unpaired) electrons. The number of phenolic OH excluding ortho intramolecular Hbond substituents is 2. The molecule has 0 saturated heterocycles. The van der Waals surface area contributed by atoms with Gasteiger partial charge in [0.25, 0.3) is 10.1 Å². The third kappa shape index (κ3) is 3.54. The van der Waals surface area contributed by atoms with Crippen LogP contribution in [-0.2, 0) is 14.9 Å². The topological polar surface area (TPSA) is 94.8 Å². The molecule has 0 aliphatic rings. The molecule has 3 aromatic rings. The van der Waals surface area contributed by atoms with E-state index >= 15 is 0 Å². The normalized spacial score (nSPS) is 13.8. The van der Waals surface area contributed by atoms with Gasteiger partial charge in [0.05, 0.1) is 15.1 Å². The molecule has 1 atom stereocenters. The first kappa shape index (κ1) is 22.0. The maximum absolute atomic E-state index is 13.0. The second kappa shape index (κ2) is 7.87.